The zero-order chi connectivity index (χ0) is 24.7. The predicted molar refractivity (Wildman–Crippen MR) is 122 cm³/mol. The van der Waals surface area contributed by atoms with Gasteiger partial charge in [-0.1, -0.05) is 0 Å². The molecule has 4 heterocycles. The molecule has 3 aromatic heterocycles. The molecular weight excluding hydrogens is 455 g/mol. The van der Waals surface area contributed by atoms with Crippen molar-refractivity contribution in [3.63, 3.8) is 0 Å². The van der Waals surface area contributed by atoms with Gasteiger partial charge in [-0.15, -0.1) is 0 Å². The molecule has 1 aromatic carbocycles. The number of carbonyl (C=O) groups is 1. The van der Waals surface area contributed by atoms with Crippen molar-refractivity contribution >= 4 is 17.7 Å². The van der Waals surface area contributed by atoms with Crippen molar-refractivity contribution in [3.8, 4) is 23.1 Å². The number of carboxylic acid groups (broad SMARTS) is 1. The molecule has 0 aliphatic carbocycles. The zero-order valence-corrected chi connectivity index (χ0v) is 18.9. The summed E-state index contributed by atoms with van der Waals surface area (Å²) in [6.07, 6.45) is 2.72. The summed E-state index contributed by atoms with van der Waals surface area (Å²) in [7, 11) is 1.71. The molecule has 12 heteroatoms. The summed E-state index contributed by atoms with van der Waals surface area (Å²) in [4.78, 5) is 20.3. The maximum Gasteiger partial charge on any atom is 0.405 e. The molecule has 3 N–H and O–H groups in total. The lowest BCUT2D eigenvalue weighted by Crippen LogP contribution is -2.24. The first-order valence-corrected chi connectivity index (χ1v) is 10.8. The fourth-order valence-corrected chi connectivity index (χ4v) is 4.22. The Bertz CT molecular complexity index is 1500. The van der Waals surface area contributed by atoms with Crippen molar-refractivity contribution in [2.45, 2.75) is 25.9 Å². The van der Waals surface area contributed by atoms with Crippen molar-refractivity contribution < 1.29 is 19.0 Å². The van der Waals surface area contributed by atoms with E-state index in [4.69, 9.17) is 9.84 Å². The Morgan fingerprint density at radius 1 is 1.43 bits per heavy atom. The normalized spacial score (nSPS) is 13.2. The number of nitrogens with one attached hydrogen (secondary N) is 2. The summed E-state index contributed by atoms with van der Waals surface area (Å²) in [5.41, 5.74) is 3.73. The first-order valence-electron chi connectivity index (χ1n) is 10.8. The summed E-state index contributed by atoms with van der Waals surface area (Å²) >= 11 is 0. The van der Waals surface area contributed by atoms with E-state index in [0.29, 0.717) is 52.9 Å². The molecule has 1 aliphatic rings. The number of aromatic nitrogens is 5. The van der Waals surface area contributed by atoms with Gasteiger partial charge in [-0.05, 0) is 19.1 Å². The minimum absolute atomic E-state index is 0.167. The molecule has 0 saturated heterocycles. The Morgan fingerprint density at radius 3 is 3.00 bits per heavy atom. The molecule has 1 amide bonds. The van der Waals surface area contributed by atoms with Gasteiger partial charge in [0.1, 0.15) is 17.6 Å². The van der Waals surface area contributed by atoms with Crippen molar-refractivity contribution in [2.24, 2.45) is 7.05 Å². The quantitative estimate of drug-likeness (QED) is 0.385. The molecule has 178 valence electrons. The average molecular weight is 476 g/mol. The average Bonchev–Trinajstić information content (AvgIpc) is 3.56. The molecule has 0 saturated carbocycles. The topological polar surface area (TPSA) is 142 Å². The van der Waals surface area contributed by atoms with Crippen molar-refractivity contribution in [1.82, 2.24) is 29.5 Å². The van der Waals surface area contributed by atoms with Gasteiger partial charge in [0.15, 0.2) is 11.3 Å². The number of benzene rings is 1. The smallest absolute Gasteiger partial charge is 0.405 e. The van der Waals surface area contributed by atoms with Crippen molar-refractivity contribution in [1.29, 1.82) is 5.26 Å². The van der Waals surface area contributed by atoms with Crippen LogP contribution in [0.15, 0.2) is 30.6 Å². The molecule has 0 radical (unpaired) electrons. The van der Waals surface area contributed by atoms with Crippen LogP contribution in [0.2, 0.25) is 0 Å². The van der Waals surface area contributed by atoms with Crippen LogP contribution in [-0.2, 0) is 20.0 Å². The Morgan fingerprint density at radius 2 is 2.26 bits per heavy atom. The van der Waals surface area contributed by atoms with E-state index >= 15 is 0 Å². The first kappa shape index (κ1) is 22.1. The van der Waals surface area contributed by atoms with Crippen molar-refractivity contribution in [2.75, 3.05) is 11.9 Å². The van der Waals surface area contributed by atoms with Gasteiger partial charge in [-0.3, -0.25) is 9.08 Å². The van der Waals surface area contributed by atoms with Gasteiger partial charge in [-0.25, -0.2) is 19.2 Å². The standard InChI is InChI=1S/C23H21FN8O3/c1-12(28-23(33)34)18-11-32-21(29-18)16(19-7-13(8-25)30-31(19)2)10-27-22(32)26-9-15-14-5-6-35-20(14)4-3-17(15)24/h3-4,7,10-12,28H,5-6,9H2,1-2H3,(H,26,27)(H,33,34). The fraction of sp³-hybridized carbons (Fsp3) is 0.261. The van der Waals surface area contributed by atoms with Crippen LogP contribution in [0.3, 0.4) is 0 Å². The number of nitrogens with zero attached hydrogens (tertiary/aromatic N) is 6. The maximum absolute atomic E-state index is 14.6. The molecule has 4 aromatic rings. The summed E-state index contributed by atoms with van der Waals surface area (Å²) < 4.78 is 23.4. The maximum atomic E-state index is 14.6. The number of rotatable bonds is 6. The van der Waals surface area contributed by atoms with Crippen LogP contribution in [0.4, 0.5) is 15.1 Å². The van der Waals surface area contributed by atoms with Gasteiger partial charge in [0.25, 0.3) is 0 Å². The van der Waals surface area contributed by atoms with Gasteiger partial charge < -0.3 is 20.5 Å². The third kappa shape index (κ3) is 3.97. The Kier molecular flexibility index (Phi) is 5.44. The summed E-state index contributed by atoms with van der Waals surface area (Å²) in [5, 5.41) is 28.1. The van der Waals surface area contributed by atoms with Crippen LogP contribution in [0.25, 0.3) is 16.9 Å². The van der Waals surface area contributed by atoms with Crippen LogP contribution < -0.4 is 15.4 Å². The predicted octanol–water partition coefficient (Wildman–Crippen LogP) is 3.02. The fourth-order valence-electron chi connectivity index (χ4n) is 4.22. The lowest BCUT2D eigenvalue weighted by atomic mass is 10.0. The number of ether oxygens (including phenoxy) is 1. The Balaban J connectivity index is 1.58. The van der Waals surface area contributed by atoms with E-state index in [-0.39, 0.29) is 18.1 Å². The molecular formula is C23H21FN8O3. The highest BCUT2D eigenvalue weighted by molar-refractivity contribution is 5.77. The van der Waals surface area contributed by atoms with E-state index < -0.39 is 12.1 Å². The van der Waals surface area contributed by atoms with Gasteiger partial charge in [0.2, 0.25) is 5.95 Å². The number of hydrogen-bond donors (Lipinski definition) is 3. The third-order valence-electron chi connectivity index (χ3n) is 5.93. The van der Waals surface area contributed by atoms with Crippen LogP contribution in [0.1, 0.15) is 35.5 Å². The molecule has 0 spiro atoms. The van der Waals surface area contributed by atoms with E-state index in [1.54, 1.807) is 47.6 Å². The molecule has 1 atom stereocenters. The van der Waals surface area contributed by atoms with Crippen LogP contribution in [0.5, 0.6) is 5.75 Å². The number of imidazole rings is 1. The second kappa shape index (κ2) is 8.60. The van der Waals surface area contributed by atoms with E-state index in [1.807, 2.05) is 6.07 Å². The van der Waals surface area contributed by atoms with E-state index in [9.17, 15) is 14.4 Å². The lowest BCUT2D eigenvalue weighted by Gasteiger charge is -2.13. The minimum atomic E-state index is -1.17. The van der Waals surface area contributed by atoms with E-state index in [0.717, 1.165) is 5.56 Å². The molecule has 0 bridgehead atoms. The number of amides is 1. The van der Waals surface area contributed by atoms with E-state index in [1.165, 1.54) is 6.07 Å². The highest BCUT2D eigenvalue weighted by Gasteiger charge is 2.22. The number of aryl methyl sites for hydroxylation is 1. The first-order chi connectivity index (χ1) is 16.9. The minimum Gasteiger partial charge on any atom is -0.493 e. The molecule has 11 nitrogen and oxygen atoms in total. The Labute approximate surface area is 198 Å². The molecule has 35 heavy (non-hydrogen) atoms. The number of anilines is 1. The third-order valence-corrected chi connectivity index (χ3v) is 5.93. The summed E-state index contributed by atoms with van der Waals surface area (Å²) in [6.45, 7) is 2.36. The highest BCUT2D eigenvalue weighted by atomic mass is 19.1. The van der Waals surface area contributed by atoms with Crippen LogP contribution in [0, 0.1) is 17.1 Å². The molecule has 1 unspecified atom stereocenters. The molecule has 5 rings (SSSR count). The highest BCUT2D eigenvalue weighted by Crippen LogP contribution is 2.31. The second-order valence-electron chi connectivity index (χ2n) is 8.13. The van der Waals surface area contributed by atoms with Crippen molar-refractivity contribution in [3.05, 3.63) is 58.9 Å². The van der Waals surface area contributed by atoms with Gasteiger partial charge in [-0.2, -0.15) is 10.4 Å². The summed E-state index contributed by atoms with van der Waals surface area (Å²) in [6, 6.07) is 6.06. The number of halogens is 1. The lowest BCUT2D eigenvalue weighted by molar-refractivity contribution is 0.190. The number of hydrogen-bond acceptors (Lipinski definition) is 7. The van der Waals surface area contributed by atoms with Gasteiger partial charge in [0, 0.05) is 49.6 Å². The number of fused-ring (bicyclic) bond motifs is 2. The van der Waals surface area contributed by atoms with Gasteiger partial charge in [0.05, 0.1) is 29.6 Å². The van der Waals surface area contributed by atoms with Gasteiger partial charge >= 0.3 is 6.09 Å². The van der Waals surface area contributed by atoms with Crippen LogP contribution in [-0.4, -0.2) is 42.0 Å². The van der Waals surface area contributed by atoms with E-state index in [2.05, 4.69) is 25.7 Å². The number of nitriles is 1. The molecule has 0 fully saturated rings. The van der Waals surface area contributed by atoms with Crippen LogP contribution >= 0.6 is 0 Å². The largest absolute Gasteiger partial charge is 0.493 e. The summed E-state index contributed by atoms with van der Waals surface area (Å²) in [5.74, 6) is 0.738. The molecule has 1 aliphatic heterocycles. The zero-order valence-electron chi connectivity index (χ0n) is 18.9. The SMILES string of the molecule is CC(NC(=O)O)c1cn2c(NCc3c(F)ccc4c3CCO4)ncc(-c3cc(C#N)nn3C)c2n1. The monoisotopic (exact) mass is 476 g/mol. The second-order valence-corrected chi connectivity index (χ2v) is 8.13. The Hall–Kier alpha value is -4.66.